The van der Waals surface area contributed by atoms with Gasteiger partial charge >= 0.3 is 0 Å². The zero-order valence-corrected chi connectivity index (χ0v) is 12.6. The molecule has 1 aliphatic heterocycles. The van der Waals surface area contributed by atoms with Crippen molar-refractivity contribution in [3.05, 3.63) is 53.9 Å². The average Bonchev–Trinajstić information content (AvgIpc) is 3.03. The van der Waals surface area contributed by atoms with Crippen LogP contribution in [0.1, 0.15) is 24.1 Å². The van der Waals surface area contributed by atoms with Gasteiger partial charge in [0.2, 0.25) is 5.91 Å². The van der Waals surface area contributed by atoms with Gasteiger partial charge in [-0.3, -0.25) is 4.79 Å². The molecule has 0 N–H and O–H groups in total. The fraction of sp³-hybridized carbons (Fsp3) is 0.375. The molecule has 1 fully saturated rings. The van der Waals surface area contributed by atoms with E-state index in [4.69, 9.17) is 4.52 Å². The van der Waals surface area contributed by atoms with Gasteiger partial charge < -0.3 is 9.42 Å². The molecule has 1 aromatic heterocycles. The van der Waals surface area contributed by atoms with Gasteiger partial charge in [-0.15, -0.1) is 11.8 Å². The topological polar surface area (TPSA) is 46.3 Å². The molecule has 2 aromatic rings. The maximum atomic E-state index is 12.6. The molecule has 3 rings (SSSR count). The highest BCUT2D eigenvalue weighted by Gasteiger charge is 2.29. The van der Waals surface area contributed by atoms with Gasteiger partial charge in [-0.1, -0.05) is 35.5 Å². The Balaban J connectivity index is 1.58. The summed E-state index contributed by atoms with van der Waals surface area (Å²) in [6.07, 6.45) is 3.59. The van der Waals surface area contributed by atoms with Crippen LogP contribution in [0.15, 0.2) is 47.2 Å². The van der Waals surface area contributed by atoms with Gasteiger partial charge in [-0.25, -0.2) is 0 Å². The second kappa shape index (κ2) is 6.80. The van der Waals surface area contributed by atoms with Crippen molar-refractivity contribution in [2.75, 3.05) is 6.54 Å². The van der Waals surface area contributed by atoms with Crippen molar-refractivity contribution in [3.8, 4) is 0 Å². The highest BCUT2D eigenvalue weighted by atomic mass is 32.2. The van der Waals surface area contributed by atoms with Gasteiger partial charge in [-0.05, 0) is 18.4 Å². The largest absolute Gasteiger partial charge is 0.364 e. The first-order valence-electron chi connectivity index (χ1n) is 7.16. The Morgan fingerprint density at radius 2 is 2.14 bits per heavy atom. The number of hydrogen-bond acceptors (Lipinski definition) is 4. The third kappa shape index (κ3) is 3.67. The van der Waals surface area contributed by atoms with Gasteiger partial charge in [0, 0.05) is 24.9 Å². The summed E-state index contributed by atoms with van der Waals surface area (Å²) in [5.41, 5.74) is 2.08. The lowest BCUT2D eigenvalue weighted by atomic mass is 10.1. The molecule has 0 saturated carbocycles. The maximum absolute atomic E-state index is 12.6. The van der Waals surface area contributed by atoms with Crippen LogP contribution in [0.2, 0.25) is 0 Å². The molecule has 1 aliphatic rings. The molecule has 0 aliphatic carbocycles. The van der Waals surface area contributed by atoms with E-state index in [1.54, 1.807) is 18.0 Å². The molecule has 1 atom stereocenters. The summed E-state index contributed by atoms with van der Waals surface area (Å²) in [6, 6.07) is 12.0. The van der Waals surface area contributed by atoms with Gasteiger partial charge in [-0.2, -0.15) is 0 Å². The molecule has 0 radical (unpaired) electrons. The lowest BCUT2D eigenvalue weighted by Crippen LogP contribution is -2.42. The summed E-state index contributed by atoms with van der Waals surface area (Å²) in [5, 5.41) is 3.93. The van der Waals surface area contributed by atoms with Gasteiger partial charge in [0.05, 0.1) is 10.9 Å². The van der Waals surface area contributed by atoms with Crippen molar-refractivity contribution in [1.82, 2.24) is 10.1 Å². The van der Waals surface area contributed by atoms with Crippen LogP contribution >= 0.6 is 11.8 Å². The van der Waals surface area contributed by atoms with Crippen LogP contribution in [0, 0.1) is 0 Å². The molecule has 0 bridgehead atoms. The van der Waals surface area contributed by atoms with Crippen molar-refractivity contribution >= 4 is 17.7 Å². The van der Waals surface area contributed by atoms with E-state index in [0.29, 0.717) is 6.54 Å². The van der Waals surface area contributed by atoms with Crippen LogP contribution in [-0.4, -0.2) is 27.8 Å². The number of carbonyl (C=O) groups excluding carboxylic acids is 1. The lowest BCUT2D eigenvalue weighted by Gasteiger charge is -2.32. The number of aromatic nitrogens is 1. The Kier molecular flexibility index (Phi) is 4.60. The van der Waals surface area contributed by atoms with Crippen molar-refractivity contribution in [2.24, 2.45) is 0 Å². The molecular weight excluding hydrogens is 284 g/mol. The minimum absolute atomic E-state index is 0.0409. The second-order valence-electron chi connectivity index (χ2n) is 5.18. The molecule has 0 unspecified atom stereocenters. The SMILES string of the molecule is O=C1[C@H](SCc2ccon2)CCCN1Cc1ccccc1. The number of nitrogens with zero attached hydrogens (tertiary/aromatic N) is 2. The monoisotopic (exact) mass is 302 g/mol. The molecule has 4 nitrogen and oxygen atoms in total. The summed E-state index contributed by atoms with van der Waals surface area (Å²) >= 11 is 1.66. The van der Waals surface area contributed by atoms with E-state index in [9.17, 15) is 4.79 Å². The lowest BCUT2D eigenvalue weighted by molar-refractivity contribution is -0.133. The van der Waals surface area contributed by atoms with Crippen LogP contribution < -0.4 is 0 Å². The third-order valence-electron chi connectivity index (χ3n) is 3.62. The van der Waals surface area contributed by atoms with Crippen LogP contribution in [0.4, 0.5) is 0 Å². The van der Waals surface area contributed by atoms with Gasteiger partial charge in [0.15, 0.2) is 0 Å². The smallest absolute Gasteiger partial charge is 0.236 e. The standard InChI is InChI=1S/C16H18N2O2S/c19-16-15(21-12-14-8-10-20-17-14)7-4-9-18(16)11-13-5-2-1-3-6-13/h1-3,5-6,8,10,15H,4,7,9,11-12H2/t15-/m1/s1. The third-order valence-corrected chi connectivity index (χ3v) is 4.92. The minimum Gasteiger partial charge on any atom is -0.364 e. The number of rotatable bonds is 5. The summed E-state index contributed by atoms with van der Waals surface area (Å²) in [6.45, 7) is 1.56. The predicted octanol–water partition coefficient (Wildman–Crippen LogP) is 3.10. The number of hydrogen-bond donors (Lipinski definition) is 0. The summed E-state index contributed by atoms with van der Waals surface area (Å²) in [4.78, 5) is 14.5. The zero-order chi connectivity index (χ0) is 14.5. The summed E-state index contributed by atoms with van der Waals surface area (Å²) < 4.78 is 4.82. The fourth-order valence-electron chi connectivity index (χ4n) is 2.52. The van der Waals surface area contributed by atoms with Crippen molar-refractivity contribution in [2.45, 2.75) is 30.4 Å². The minimum atomic E-state index is 0.0409. The predicted molar refractivity (Wildman–Crippen MR) is 82.7 cm³/mol. The first kappa shape index (κ1) is 14.2. The number of thioether (sulfide) groups is 1. The quantitative estimate of drug-likeness (QED) is 0.851. The highest BCUT2D eigenvalue weighted by molar-refractivity contribution is 7.99. The number of amides is 1. The Labute approximate surface area is 128 Å². The second-order valence-corrected chi connectivity index (χ2v) is 6.37. The summed E-state index contributed by atoms with van der Waals surface area (Å²) in [5.74, 6) is 0.977. The normalized spacial score (nSPS) is 19.0. The van der Waals surface area contributed by atoms with E-state index in [1.165, 1.54) is 5.56 Å². The first-order chi connectivity index (χ1) is 10.3. The van der Waals surface area contributed by atoms with E-state index < -0.39 is 0 Å². The highest BCUT2D eigenvalue weighted by Crippen LogP contribution is 2.27. The van der Waals surface area contributed by atoms with E-state index in [-0.39, 0.29) is 11.2 Å². The molecule has 21 heavy (non-hydrogen) atoms. The average molecular weight is 302 g/mol. The van der Waals surface area contributed by atoms with Gasteiger partial charge in [0.25, 0.3) is 0 Å². The fourth-order valence-corrected chi connectivity index (χ4v) is 3.66. The molecule has 5 heteroatoms. The Hall–Kier alpha value is -1.75. The first-order valence-corrected chi connectivity index (χ1v) is 8.21. The Bertz CT molecular complexity index is 571. The Morgan fingerprint density at radius 1 is 1.29 bits per heavy atom. The summed E-state index contributed by atoms with van der Waals surface area (Å²) in [7, 11) is 0. The molecule has 1 amide bonds. The van der Waals surface area contributed by atoms with E-state index in [2.05, 4.69) is 17.3 Å². The molecule has 1 aromatic carbocycles. The van der Waals surface area contributed by atoms with Crippen LogP contribution in [-0.2, 0) is 17.1 Å². The van der Waals surface area contributed by atoms with Crippen molar-refractivity contribution in [1.29, 1.82) is 0 Å². The zero-order valence-electron chi connectivity index (χ0n) is 11.8. The van der Waals surface area contributed by atoms with Gasteiger partial charge in [0.1, 0.15) is 6.26 Å². The van der Waals surface area contributed by atoms with E-state index in [1.807, 2.05) is 29.2 Å². The molecular formula is C16H18N2O2S. The van der Waals surface area contributed by atoms with Crippen LogP contribution in [0.25, 0.3) is 0 Å². The van der Waals surface area contributed by atoms with Crippen molar-refractivity contribution in [3.63, 3.8) is 0 Å². The van der Waals surface area contributed by atoms with E-state index >= 15 is 0 Å². The van der Waals surface area contributed by atoms with Crippen LogP contribution in [0.5, 0.6) is 0 Å². The van der Waals surface area contributed by atoms with E-state index in [0.717, 1.165) is 30.8 Å². The van der Waals surface area contributed by atoms with Crippen LogP contribution in [0.3, 0.4) is 0 Å². The Morgan fingerprint density at radius 3 is 2.90 bits per heavy atom. The molecule has 110 valence electrons. The number of carbonyl (C=O) groups is 1. The number of piperidine rings is 1. The maximum Gasteiger partial charge on any atom is 0.236 e. The van der Waals surface area contributed by atoms with Crippen molar-refractivity contribution < 1.29 is 9.32 Å². The number of likely N-dealkylation sites (tertiary alicyclic amines) is 1. The molecule has 0 spiro atoms. The number of benzene rings is 1. The molecule has 1 saturated heterocycles. The molecule has 2 heterocycles.